The van der Waals surface area contributed by atoms with Crippen LogP contribution in [0, 0.1) is 0 Å². The Balaban J connectivity index is 3.29. The number of hydrogen-bond donors (Lipinski definition) is 0. The van der Waals surface area contributed by atoms with Crippen LogP contribution in [0.5, 0.6) is 11.5 Å². The predicted octanol–water partition coefficient (Wildman–Crippen LogP) is 2.77. The molecule has 0 saturated heterocycles. The van der Waals surface area contributed by atoms with Gasteiger partial charge in [0.1, 0.15) is 5.78 Å². The average molecular weight is 244 g/mol. The summed E-state index contributed by atoms with van der Waals surface area (Å²) in [6, 6.07) is 2.81. The monoisotopic (exact) mass is 244 g/mol. The van der Waals surface area contributed by atoms with Crippen LogP contribution in [0.2, 0.25) is 0 Å². The van der Waals surface area contributed by atoms with Gasteiger partial charge in [-0.2, -0.15) is 0 Å². The topological polar surface area (TPSA) is 35.5 Å². The van der Waals surface area contributed by atoms with Crippen LogP contribution >= 0.6 is 0 Å². The van der Waals surface area contributed by atoms with E-state index in [4.69, 9.17) is 9.47 Å². The number of hydrogen-bond acceptors (Lipinski definition) is 3. The van der Waals surface area contributed by atoms with Crippen LogP contribution in [0.3, 0.4) is 0 Å². The smallest absolute Gasteiger partial charge is 0.267 e. The van der Waals surface area contributed by atoms with Crippen LogP contribution in [0.4, 0.5) is 8.78 Å². The van der Waals surface area contributed by atoms with Gasteiger partial charge in [-0.1, -0.05) is 0 Å². The Bertz CT molecular complexity index is 416. The molecule has 0 unspecified atom stereocenters. The first-order valence-corrected chi connectivity index (χ1v) is 5.02. The molecule has 1 rings (SSSR count). The minimum Gasteiger partial charge on any atom is -0.493 e. The summed E-state index contributed by atoms with van der Waals surface area (Å²) in [5.41, 5.74) is 0.230. The third-order valence-corrected chi connectivity index (χ3v) is 2.26. The van der Waals surface area contributed by atoms with Gasteiger partial charge >= 0.3 is 0 Å². The number of ether oxygens (including phenoxy) is 2. The predicted molar refractivity (Wildman–Crippen MR) is 58.9 cm³/mol. The lowest BCUT2D eigenvalue weighted by Gasteiger charge is -2.14. The fraction of sp³-hybridized carbons (Fsp3) is 0.417. The van der Waals surface area contributed by atoms with E-state index < -0.39 is 6.43 Å². The average Bonchev–Trinajstić information content (AvgIpc) is 2.26. The first kappa shape index (κ1) is 13.4. The number of methoxy groups -OCH3 is 2. The summed E-state index contributed by atoms with van der Waals surface area (Å²) in [6.45, 7) is 1.40. The molecule has 0 saturated carbocycles. The third-order valence-electron chi connectivity index (χ3n) is 2.26. The molecule has 17 heavy (non-hydrogen) atoms. The quantitative estimate of drug-likeness (QED) is 0.799. The molecule has 0 atom stereocenters. The van der Waals surface area contributed by atoms with E-state index >= 15 is 0 Å². The minimum atomic E-state index is -2.68. The highest BCUT2D eigenvalue weighted by molar-refractivity contribution is 5.78. The zero-order valence-corrected chi connectivity index (χ0v) is 9.92. The van der Waals surface area contributed by atoms with Crippen molar-refractivity contribution in [3.63, 3.8) is 0 Å². The molecule has 5 heteroatoms. The van der Waals surface area contributed by atoms with Crippen molar-refractivity contribution in [3.05, 3.63) is 23.3 Å². The van der Waals surface area contributed by atoms with Gasteiger partial charge in [0.25, 0.3) is 6.43 Å². The molecule has 1 aromatic rings. The van der Waals surface area contributed by atoms with Crippen LogP contribution in [-0.2, 0) is 11.2 Å². The van der Waals surface area contributed by atoms with Crippen molar-refractivity contribution in [1.82, 2.24) is 0 Å². The molecule has 0 aliphatic heterocycles. The number of benzene rings is 1. The van der Waals surface area contributed by atoms with Crippen molar-refractivity contribution in [2.45, 2.75) is 19.8 Å². The Hall–Kier alpha value is -1.65. The molecule has 0 bridgehead atoms. The second kappa shape index (κ2) is 5.61. The fourth-order valence-electron chi connectivity index (χ4n) is 1.60. The SMILES string of the molecule is COc1cc(CC(C)=O)cc(C(F)F)c1OC. The molecule has 0 aliphatic rings. The van der Waals surface area contributed by atoms with Crippen molar-refractivity contribution in [2.24, 2.45) is 0 Å². The third kappa shape index (κ3) is 3.15. The Morgan fingerprint density at radius 2 is 1.94 bits per heavy atom. The molecule has 0 aliphatic carbocycles. The summed E-state index contributed by atoms with van der Waals surface area (Å²) in [4.78, 5) is 11.0. The van der Waals surface area contributed by atoms with Gasteiger partial charge in [-0.3, -0.25) is 4.79 Å². The van der Waals surface area contributed by atoms with E-state index in [1.807, 2.05) is 0 Å². The van der Waals surface area contributed by atoms with Gasteiger partial charge < -0.3 is 9.47 Å². The molecular formula is C12H14F2O3. The normalized spacial score (nSPS) is 10.5. The number of ketones is 1. The Labute approximate surface area is 98.3 Å². The summed E-state index contributed by atoms with van der Waals surface area (Å²) in [5, 5.41) is 0. The molecule has 3 nitrogen and oxygen atoms in total. The van der Waals surface area contributed by atoms with Gasteiger partial charge in [-0.25, -0.2) is 8.78 Å². The van der Waals surface area contributed by atoms with Gasteiger partial charge in [0.2, 0.25) is 0 Å². The molecule has 0 spiro atoms. The highest BCUT2D eigenvalue weighted by Crippen LogP contribution is 2.38. The highest BCUT2D eigenvalue weighted by atomic mass is 19.3. The Morgan fingerprint density at radius 1 is 1.29 bits per heavy atom. The molecule has 94 valence electrons. The zero-order valence-electron chi connectivity index (χ0n) is 9.92. The number of carbonyl (C=O) groups excluding carboxylic acids is 1. The van der Waals surface area contributed by atoms with E-state index in [1.54, 1.807) is 0 Å². The molecule has 0 heterocycles. The fourth-order valence-corrected chi connectivity index (χ4v) is 1.60. The van der Waals surface area contributed by atoms with Gasteiger partial charge in [0.15, 0.2) is 11.5 Å². The van der Waals surface area contributed by atoms with E-state index in [0.29, 0.717) is 5.56 Å². The van der Waals surface area contributed by atoms with Crippen LogP contribution in [0.1, 0.15) is 24.5 Å². The number of carbonyl (C=O) groups is 1. The maximum Gasteiger partial charge on any atom is 0.267 e. The second-order valence-corrected chi connectivity index (χ2v) is 3.60. The van der Waals surface area contributed by atoms with Crippen molar-refractivity contribution in [2.75, 3.05) is 14.2 Å². The summed E-state index contributed by atoms with van der Waals surface area (Å²) in [7, 11) is 2.67. The maximum atomic E-state index is 12.8. The van der Waals surface area contributed by atoms with Crippen molar-refractivity contribution in [3.8, 4) is 11.5 Å². The molecule has 1 aromatic carbocycles. The molecule has 0 N–H and O–H groups in total. The Kier molecular flexibility index (Phi) is 4.43. The standard InChI is InChI=1S/C12H14F2O3/c1-7(15)4-8-5-9(12(13)14)11(17-3)10(6-8)16-2/h5-6,12H,4H2,1-3H3. The lowest BCUT2D eigenvalue weighted by molar-refractivity contribution is -0.116. The molecule has 0 radical (unpaired) electrons. The Morgan fingerprint density at radius 3 is 2.35 bits per heavy atom. The highest BCUT2D eigenvalue weighted by Gasteiger charge is 2.19. The van der Waals surface area contributed by atoms with Gasteiger partial charge in [0.05, 0.1) is 19.8 Å². The van der Waals surface area contributed by atoms with Crippen molar-refractivity contribution < 1.29 is 23.0 Å². The zero-order chi connectivity index (χ0) is 13.0. The van der Waals surface area contributed by atoms with Crippen LogP contribution in [0.25, 0.3) is 0 Å². The lowest BCUT2D eigenvalue weighted by atomic mass is 10.0. The summed E-state index contributed by atoms with van der Waals surface area (Å²) >= 11 is 0. The van der Waals surface area contributed by atoms with E-state index in [9.17, 15) is 13.6 Å². The maximum absolute atomic E-state index is 12.8. The van der Waals surface area contributed by atoms with E-state index in [-0.39, 0.29) is 29.3 Å². The van der Waals surface area contributed by atoms with Crippen LogP contribution in [0.15, 0.2) is 12.1 Å². The minimum absolute atomic E-state index is 0.00908. The van der Waals surface area contributed by atoms with Gasteiger partial charge in [-0.05, 0) is 24.6 Å². The lowest BCUT2D eigenvalue weighted by Crippen LogP contribution is -2.02. The summed E-state index contributed by atoms with van der Waals surface area (Å²) in [6.07, 6.45) is -2.58. The summed E-state index contributed by atoms with van der Waals surface area (Å²) in [5.74, 6) is 0.119. The largest absolute Gasteiger partial charge is 0.493 e. The second-order valence-electron chi connectivity index (χ2n) is 3.60. The van der Waals surface area contributed by atoms with Crippen molar-refractivity contribution in [1.29, 1.82) is 0 Å². The van der Waals surface area contributed by atoms with E-state index in [0.717, 1.165) is 0 Å². The number of halogens is 2. The van der Waals surface area contributed by atoms with E-state index in [1.165, 1.54) is 33.3 Å². The van der Waals surface area contributed by atoms with Gasteiger partial charge in [0, 0.05) is 6.42 Å². The molecule has 0 fully saturated rings. The molecule has 0 aromatic heterocycles. The number of rotatable bonds is 5. The van der Waals surface area contributed by atoms with Crippen molar-refractivity contribution >= 4 is 5.78 Å². The molecule has 0 amide bonds. The van der Waals surface area contributed by atoms with Gasteiger partial charge in [-0.15, -0.1) is 0 Å². The number of alkyl halides is 2. The molecular weight excluding hydrogens is 230 g/mol. The summed E-state index contributed by atoms with van der Waals surface area (Å²) < 4.78 is 35.5. The first-order chi connectivity index (χ1) is 7.99. The van der Waals surface area contributed by atoms with Crippen LogP contribution in [-0.4, -0.2) is 20.0 Å². The van der Waals surface area contributed by atoms with E-state index in [2.05, 4.69) is 0 Å². The number of Topliss-reactive ketones (excluding diaryl/α,β-unsaturated/α-hetero) is 1. The van der Waals surface area contributed by atoms with Crippen LogP contribution < -0.4 is 9.47 Å². The first-order valence-electron chi connectivity index (χ1n) is 5.02.